The second kappa shape index (κ2) is 19.6. The van der Waals surface area contributed by atoms with E-state index in [1.165, 1.54) is 4.57 Å². The van der Waals surface area contributed by atoms with E-state index in [4.69, 9.17) is 9.60 Å². The molecule has 0 saturated carbocycles. The van der Waals surface area contributed by atoms with Crippen molar-refractivity contribution in [1.82, 2.24) is 13.7 Å². The number of nitriles is 2. The van der Waals surface area contributed by atoms with Gasteiger partial charge in [-0.15, -0.1) is 0 Å². The third kappa shape index (κ3) is 7.71. The molecule has 0 fully saturated rings. The maximum absolute atomic E-state index is 12.4. The fraction of sp³-hybridized carbons (Fsp3) is 0.0976. The number of rotatable bonds is 6. The molecule has 3 aromatic heterocycles. The summed E-state index contributed by atoms with van der Waals surface area (Å²) in [5, 5.41) is 27.5. The SMILES string of the molecule is [2H]c1c([2H])c([2H])c(-c2ccc3c(c2)N(c2ccc(C(C)(C)C)c(-n4c5ccccc5c5ccccc54)c2C#N)c2cc(C(C)(C)C)cc4c2B3c2ccc(-n3c5c([2H])c([2H])c([2H])c([2H])c5c5c([2H])c([2H])c([2H])c([2H])c53)cc2N4c2ccc(C#N)c(-n3c4ccccc4c4ccccc43)c2)c([2H])c1[2H]. The minimum atomic E-state index is -0.737. The second-order valence-corrected chi connectivity index (χ2v) is 25.4. The minimum Gasteiger partial charge on any atom is -0.311 e. The van der Waals surface area contributed by atoms with E-state index in [0.29, 0.717) is 73.1 Å². The van der Waals surface area contributed by atoms with Gasteiger partial charge in [0.2, 0.25) is 0 Å². The quantitative estimate of drug-likeness (QED) is 0.156. The molecule has 90 heavy (non-hydrogen) atoms. The number of hydrogen-bond acceptors (Lipinski definition) is 4. The van der Waals surface area contributed by atoms with E-state index >= 15 is 0 Å². The van der Waals surface area contributed by atoms with E-state index in [1.54, 1.807) is 18.2 Å². The van der Waals surface area contributed by atoms with Crippen LogP contribution < -0.4 is 26.2 Å². The fourth-order valence-corrected chi connectivity index (χ4v) is 14.3. The van der Waals surface area contributed by atoms with Crippen molar-refractivity contribution in [2.24, 2.45) is 0 Å². The van der Waals surface area contributed by atoms with E-state index in [2.05, 4.69) is 127 Å². The average Bonchev–Trinajstić information content (AvgIpc) is 1.37. The zero-order valence-electron chi connectivity index (χ0n) is 63.0. The van der Waals surface area contributed by atoms with Crippen LogP contribution in [-0.2, 0) is 10.8 Å². The molecule has 0 N–H and O–H groups in total. The number of anilines is 6. The zero-order chi connectivity index (χ0) is 72.2. The highest BCUT2D eigenvalue weighted by Crippen LogP contribution is 2.51. The van der Waals surface area contributed by atoms with Gasteiger partial charge in [-0.2, -0.15) is 10.5 Å². The molecule has 0 amide bonds. The Morgan fingerprint density at radius 1 is 0.378 bits per heavy atom. The molecule has 15 aromatic rings. The monoisotopic (exact) mass is 1170 g/mol. The number of aromatic nitrogens is 3. The molecule has 0 spiro atoms. The molecule has 0 bridgehead atoms. The van der Waals surface area contributed by atoms with Crippen LogP contribution in [0, 0.1) is 22.7 Å². The van der Waals surface area contributed by atoms with Gasteiger partial charge in [-0.05, 0) is 140 Å². The van der Waals surface area contributed by atoms with E-state index < -0.39 is 96.1 Å². The van der Waals surface area contributed by atoms with Crippen LogP contribution in [0.2, 0.25) is 0 Å². The van der Waals surface area contributed by atoms with Crippen LogP contribution >= 0.6 is 0 Å². The summed E-state index contributed by atoms with van der Waals surface area (Å²) in [5.41, 5.74) is 12.0. The second-order valence-electron chi connectivity index (χ2n) is 25.4. The molecule has 7 nitrogen and oxygen atoms in total. The van der Waals surface area contributed by atoms with Gasteiger partial charge in [0, 0.05) is 66.4 Å². The third-order valence-corrected chi connectivity index (χ3v) is 18.3. The van der Waals surface area contributed by atoms with Crippen LogP contribution in [0.3, 0.4) is 0 Å². The number of hydrogen-bond donors (Lipinski definition) is 0. The van der Waals surface area contributed by atoms with Crippen LogP contribution in [0.25, 0.3) is 93.6 Å². The highest BCUT2D eigenvalue weighted by molar-refractivity contribution is 7.00. The van der Waals surface area contributed by atoms with Gasteiger partial charge >= 0.3 is 0 Å². The van der Waals surface area contributed by atoms with Gasteiger partial charge in [0.15, 0.2) is 0 Å². The predicted molar refractivity (Wildman–Crippen MR) is 376 cm³/mol. The Hall–Kier alpha value is -11.3. The lowest BCUT2D eigenvalue weighted by molar-refractivity contribution is 0.587. The Morgan fingerprint density at radius 2 is 0.889 bits per heavy atom. The predicted octanol–water partition coefficient (Wildman–Crippen LogP) is 19.1. The molecule has 426 valence electrons. The van der Waals surface area contributed by atoms with Crippen molar-refractivity contribution < 1.29 is 17.8 Å². The topological polar surface area (TPSA) is 68.8 Å². The van der Waals surface area contributed by atoms with Gasteiger partial charge in [-0.1, -0.05) is 205 Å². The highest BCUT2D eigenvalue weighted by Gasteiger charge is 2.45. The Kier molecular flexibility index (Phi) is 8.92. The van der Waals surface area contributed by atoms with Crippen molar-refractivity contribution in [2.75, 3.05) is 9.80 Å². The molecule has 0 saturated heterocycles. The molecular weight excluding hydrogens is 1090 g/mol. The van der Waals surface area contributed by atoms with Crippen LogP contribution in [0.15, 0.2) is 254 Å². The van der Waals surface area contributed by atoms with Crippen molar-refractivity contribution in [3.05, 3.63) is 277 Å². The van der Waals surface area contributed by atoms with Gasteiger partial charge in [-0.3, -0.25) is 0 Å². The molecule has 17 rings (SSSR count). The van der Waals surface area contributed by atoms with Crippen molar-refractivity contribution in [3.63, 3.8) is 0 Å². The lowest BCUT2D eigenvalue weighted by Gasteiger charge is -2.45. The van der Waals surface area contributed by atoms with Crippen LogP contribution in [0.4, 0.5) is 34.1 Å². The molecule has 2 aliphatic rings. The van der Waals surface area contributed by atoms with Crippen LogP contribution in [0.5, 0.6) is 0 Å². The van der Waals surface area contributed by atoms with E-state index in [-0.39, 0.29) is 33.1 Å². The standard InChI is InChI=1S/C82H60BN7/c1-81(2,3)54-45-77-79-78(46-54)89(73-43-40-64(82(4,5)6)80(63(73)50-85)90-71-34-20-14-28-61(71)62-29-15-21-35-72(62)90)75-44-52(51-22-8-7-9-23-51)37-41-65(75)83(79)66-42-39-56(86-67-30-16-10-24-57(67)58-25-11-17-31-68(58)86)48-76(66)87(77)55-38-36-53(49-84)74(47-55)88-69-32-18-12-26-59(69)60-27-13-19-33-70(60)88/h7-48H,1-6H3/i7D,8D,9D,10D,11D,16D,17D,22D,23D,24D,25D,30D,31D. The summed E-state index contributed by atoms with van der Waals surface area (Å²) >= 11 is 0. The van der Waals surface area contributed by atoms with Gasteiger partial charge in [0.25, 0.3) is 6.71 Å². The van der Waals surface area contributed by atoms with Crippen molar-refractivity contribution in [2.45, 2.75) is 52.4 Å². The molecule has 5 heterocycles. The highest BCUT2D eigenvalue weighted by atomic mass is 15.2. The lowest BCUT2D eigenvalue weighted by Crippen LogP contribution is -2.61. The molecular formula is C82H60BN7. The fourth-order valence-electron chi connectivity index (χ4n) is 14.3. The van der Waals surface area contributed by atoms with Gasteiger partial charge in [0.05, 0.1) is 73.5 Å². The Balaban J connectivity index is 1.04. The Labute approximate surface area is 541 Å². The largest absolute Gasteiger partial charge is 0.311 e. The van der Waals surface area contributed by atoms with Gasteiger partial charge < -0.3 is 23.5 Å². The van der Waals surface area contributed by atoms with Crippen LogP contribution in [-0.4, -0.2) is 20.4 Å². The summed E-state index contributed by atoms with van der Waals surface area (Å²) in [5.74, 6) is 0. The normalized spacial score (nSPS) is 14.9. The van der Waals surface area contributed by atoms with Gasteiger partial charge in [-0.25, -0.2) is 0 Å². The third-order valence-electron chi connectivity index (χ3n) is 18.3. The van der Waals surface area contributed by atoms with E-state index in [0.717, 1.165) is 60.2 Å². The first-order valence-electron chi connectivity index (χ1n) is 36.5. The molecule has 0 unspecified atom stereocenters. The maximum Gasteiger partial charge on any atom is 0.252 e. The smallest absolute Gasteiger partial charge is 0.252 e. The van der Waals surface area contributed by atoms with Crippen molar-refractivity contribution >= 4 is 123 Å². The van der Waals surface area contributed by atoms with Crippen molar-refractivity contribution in [1.29, 1.82) is 10.5 Å². The first-order valence-corrected chi connectivity index (χ1v) is 30.0. The molecule has 2 aliphatic heterocycles. The number of nitrogens with zero attached hydrogens (tertiary/aromatic N) is 7. The first-order chi connectivity index (χ1) is 49.3. The summed E-state index contributed by atoms with van der Waals surface area (Å²) in [6, 6.07) is 56.4. The lowest BCUT2D eigenvalue weighted by atomic mass is 9.33. The molecule has 8 heteroatoms. The summed E-state index contributed by atoms with van der Waals surface area (Å²) in [7, 11) is 0. The molecule has 12 aromatic carbocycles. The molecule has 0 atom stereocenters. The number of fused-ring (bicyclic) bond motifs is 13. The average molecular weight is 1170 g/mol. The zero-order valence-corrected chi connectivity index (χ0v) is 50.0. The Morgan fingerprint density at radius 3 is 1.46 bits per heavy atom. The van der Waals surface area contributed by atoms with E-state index in [1.807, 2.05) is 103 Å². The number of benzene rings is 12. The molecule has 0 radical (unpaired) electrons. The van der Waals surface area contributed by atoms with Gasteiger partial charge in [0.1, 0.15) is 17.7 Å². The van der Waals surface area contributed by atoms with Crippen LogP contribution in [0.1, 0.15) is 81.6 Å². The van der Waals surface area contributed by atoms with E-state index in [9.17, 15) is 18.7 Å². The first kappa shape index (κ1) is 41.0. The van der Waals surface area contributed by atoms with Crippen molar-refractivity contribution in [3.8, 4) is 40.3 Å². The Bertz CT molecular complexity index is 6250. The molecule has 0 aliphatic carbocycles. The summed E-state index contributed by atoms with van der Waals surface area (Å²) in [4.78, 5) is 4.22. The summed E-state index contributed by atoms with van der Waals surface area (Å²) < 4.78 is 125. The maximum atomic E-state index is 12.4. The summed E-state index contributed by atoms with van der Waals surface area (Å²) in [6.07, 6.45) is 0. The number of para-hydroxylation sites is 6. The minimum absolute atomic E-state index is 0.0277. The summed E-state index contributed by atoms with van der Waals surface area (Å²) in [6.45, 7) is 12.0.